The average molecular weight is 320 g/mol. The monoisotopic (exact) mass is 319 g/mol. The highest BCUT2D eigenvalue weighted by Crippen LogP contribution is 2.26. The maximum atomic E-state index is 12.5. The van der Waals surface area contributed by atoms with Crippen molar-refractivity contribution in [3.05, 3.63) is 58.6 Å². The maximum Gasteiger partial charge on any atom is 0.253 e. The highest BCUT2D eigenvalue weighted by molar-refractivity contribution is 6.32. The smallest absolute Gasteiger partial charge is 0.253 e. The average Bonchev–Trinajstić information content (AvgIpc) is 2.54. The minimum absolute atomic E-state index is 0.115. The third-order valence-corrected chi connectivity index (χ3v) is 3.64. The summed E-state index contributed by atoms with van der Waals surface area (Å²) in [5.74, 6) is 1.19. The molecule has 1 amide bonds. The van der Waals surface area contributed by atoms with Crippen LogP contribution in [-0.4, -0.2) is 32.1 Å². The van der Waals surface area contributed by atoms with Crippen LogP contribution in [0, 0.1) is 0 Å². The van der Waals surface area contributed by atoms with Gasteiger partial charge in [-0.25, -0.2) is 0 Å². The molecule has 4 nitrogen and oxygen atoms in total. The molecule has 2 aromatic carbocycles. The van der Waals surface area contributed by atoms with Crippen LogP contribution in [0.5, 0.6) is 11.5 Å². The van der Waals surface area contributed by atoms with Gasteiger partial charge in [-0.2, -0.15) is 0 Å². The van der Waals surface area contributed by atoms with Crippen molar-refractivity contribution < 1.29 is 14.3 Å². The van der Waals surface area contributed by atoms with E-state index in [1.165, 1.54) is 7.11 Å². The lowest BCUT2D eigenvalue weighted by Gasteiger charge is -2.19. The molecule has 0 N–H and O–H groups in total. The zero-order valence-corrected chi connectivity index (χ0v) is 13.6. The molecule has 116 valence electrons. The van der Waals surface area contributed by atoms with Crippen LogP contribution in [0.15, 0.2) is 42.5 Å². The summed E-state index contributed by atoms with van der Waals surface area (Å²) in [5.41, 5.74) is 1.46. The van der Waals surface area contributed by atoms with Gasteiger partial charge < -0.3 is 14.4 Å². The highest BCUT2D eigenvalue weighted by Gasteiger charge is 2.15. The van der Waals surface area contributed by atoms with Crippen LogP contribution >= 0.6 is 11.6 Å². The van der Waals surface area contributed by atoms with Gasteiger partial charge in [0.2, 0.25) is 0 Å². The Hall–Kier alpha value is -2.20. The number of benzene rings is 2. The Morgan fingerprint density at radius 3 is 2.41 bits per heavy atom. The Labute approximate surface area is 135 Å². The van der Waals surface area contributed by atoms with Crippen molar-refractivity contribution in [1.82, 2.24) is 4.90 Å². The van der Waals surface area contributed by atoms with Crippen LogP contribution in [0.2, 0.25) is 5.02 Å². The number of rotatable bonds is 5. The van der Waals surface area contributed by atoms with Crippen molar-refractivity contribution in [3.63, 3.8) is 0 Å². The lowest BCUT2D eigenvalue weighted by Crippen LogP contribution is -2.26. The van der Waals surface area contributed by atoms with Crippen molar-refractivity contribution in [2.24, 2.45) is 0 Å². The topological polar surface area (TPSA) is 38.8 Å². The molecule has 0 aliphatic carbocycles. The number of halogens is 1. The van der Waals surface area contributed by atoms with E-state index in [9.17, 15) is 4.79 Å². The Kier molecular flexibility index (Phi) is 5.28. The minimum Gasteiger partial charge on any atom is -0.496 e. The van der Waals surface area contributed by atoms with E-state index in [4.69, 9.17) is 21.1 Å². The van der Waals surface area contributed by atoms with Crippen molar-refractivity contribution in [1.29, 1.82) is 0 Å². The van der Waals surface area contributed by atoms with Crippen LogP contribution in [0.1, 0.15) is 15.9 Å². The van der Waals surface area contributed by atoms with E-state index in [1.807, 2.05) is 24.3 Å². The first-order valence-corrected chi connectivity index (χ1v) is 7.15. The lowest BCUT2D eigenvalue weighted by molar-refractivity contribution is 0.0784. The van der Waals surface area contributed by atoms with E-state index in [0.717, 1.165) is 11.3 Å². The molecule has 2 rings (SSSR count). The molecule has 0 saturated carbocycles. The first-order valence-electron chi connectivity index (χ1n) is 6.77. The van der Waals surface area contributed by atoms with E-state index in [0.29, 0.717) is 22.9 Å². The summed E-state index contributed by atoms with van der Waals surface area (Å²) in [7, 11) is 4.90. The summed E-state index contributed by atoms with van der Waals surface area (Å²) < 4.78 is 10.4. The van der Waals surface area contributed by atoms with Gasteiger partial charge in [-0.15, -0.1) is 0 Å². The maximum absolute atomic E-state index is 12.5. The second-order valence-electron chi connectivity index (χ2n) is 4.82. The fourth-order valence-electron chi connectivity index (χ4n) is 2.18. The Morgan fingerprint density at radius 2 is 1.77 bits per heavy atom. The van der Waals surface area contributed by atoms with Gasteiger partial charge in [0.1, 0.15) is 11.5 Å². The van der Waals surface area contributed by atoms with Gasteiger partial charge in [0, 0.05) is 24.7 Å². The molecule has 0 spiro atoms. The first kappa shape index (κ1) is 16.2. The number of amides is 1. The molecule has 0 aliphatic heterocycles. The molecule has 0 bridgehead atoms. The van der Waals surface area contributed by atoms with E-state index < -0.39 is 0 Å². The molecule has 0 heterocycles. The predicted octanol–water partition coefficient (Wildman–Crippen LogP) is 3.63. The standard InChI is InChI=1S/C17H18ClNO3/c1-19(11-13-6-4-5-7-15(13)21-2)17(20)12-8-9-16(22-3)14(18)10-12/h4-10H,11H2,1-3H3. The summed E-state index contributed by atoms with van der Waals surface area (Å²) in [6.07, 6.45) is 0. The highest BCUT2D eigenvalue weighted by atomic mass is 35.5. The van der Waals surface area contributed by atoms with Crippen molar-refractivity contribution in [3.8, 4) is 11.5 Å². The fourth-order valence-corrected chi connectivity index (χ4v) is 2.44. The van der Waals surface area contributed by atoms with Crippen LogP contribution in [0.3, 0.4) is 0 Å². The number of nitrogens with zero attached hydrogens (tertiary/aromatic N) is 1. The summed E-state index contributed by atoms with van der Waals surface area (Å²) in [5, 5.41) is 0.416. The molecule has 0 aromatic heterocycles. The van der Waals surface area contributed by atoms with E-state index in [2.05, 4.69) is 0 Å². The molecule has 22 heavy (non-hydrogen) atoms. The second kappa shape index (κ2) is 7.18. The van der Waals surface area contributed by atoms with Crippen molar-refractivity contribution in [2.45, 2.75) is 6.54 Å². The SMILES string of the molecule is COc1ccc(C(=O)N(C)Cc2ccccc2OC)cc1Cl. The van der Waals surface area contributed by atoms with Gasteiger partial charge in [0.05, 0.1) is 19.2 Å². The molecule has 0 unspecified atom stereocenters. The zero-order chi connectivity index (χ0) is 16.1. The molecule has 0 aliphatic rings. The number of carbonyl (C=O) groups is 1. The molecule has 0 fully saturated rings. The quantitative estimate of drug-likeness (QED) is 0.844. The summed E-state index contributed by atoms with van der Waals surface area (Å²) in [4.78, 5) is 14.1. The third-order valence-electron chi connectivity index (χ3n) is 3.35. The number of para-hydroxylation sites is 1. The third kappa shape index (κ3) is 3.52. The zero-order valence-electron chi connectivity index (χ0n) is 12.8. The van der Waals surface area contributed by atoms with Crippen LogP contribution in [0.25, 0.3) is 0 Å². The Morgan fingerprint density at radius 1 is 1.09 bits per heavy atom. The predicted molar refractivity (Wildman–Crippen MR) is 86.8 cm³/mol. The summed E-state index contributed by atoms with van der Waals surface area (Å²) in [6, 6.07) is 12.6. The van der Waals surface area contributed by atoms with Gasteiger partial charge in [0.15, 0.2) is 0 Å². The van der Waals surface area contributed by atoms with Crippen LogP contribution in [0.4, 0.5) is 0 Å². The Bertz CT molecular complexity index is 673. The van der Waals surface area contributed by atoms with Gasteiger partial charge in [-0.1, -0.05) is 29.8 Å². The lowest BCUT2D eigenvalue weighted by atomic mass is 10.1. The molecule has 0 radical (unpaired) electrons. The van der Waals surface area contributed by atoms with Crippen LogP contribution in [-0.2, 0) is 6.54 Å². The van der Waals surface area contributed by atoms with Gasteiger partial charge in [0.25, 0.3) is 5.91 Å². The fraction of sp³-hybridized carbons (Fsp3) is 0.235. The van der Waals surface area contributed by atoms with Crippen molar-refractivity contribution in [2.75, 3.05) is 21.3 Å². The van der Waals surface area contributed by atoms with Crippen molar-refractivity contribution >= 4 is 17.5 Å². The normalized spacial score (nSPS) is 10.2. The minimum atomic E-state index is -0.115. The second-order valence-corrected chi connectivity index (χ2v) is 5.23. The van der Waals surface area contributed by atoms with Crippen LogP contribution < -0.4 is 9.47 Å². The largest absolute Gasteiger partial charge is 0.496 e. The summed E-state index contributed by atoms with van der Waals surface area (Å²) >= 11 is 6.07. The molecule has 5 heteroatoms. The molecule has 0 atom stereocenters. The van der Waals surface area contributed by atoms with Gasteiger partial charge in [-0.3, -0.25) is 4.79 Å². The molecule has 0 saturated heterocycles. The number of hydrogen-bond acceptors (Lipinski definition) is 3. The molecular formula is C17H18ClNO3. The molecule has 2 aromatic rings. The number of methoxy groups -OCH3 is 2. The number of ether oxygens (including phenoxy) is 2. The summed E-state index contributed by atoms with van der Waals surface area (Å²) in [6.45, 7) is 0.451. The molecular weight excluding hydrogens is 302 g/mol. The van der Waals surface area contributed by atoms with Gasteiger partial charge in [-0.05, 0) is 24.3 Å². The van der Waals surface area contributed by atoms with E-state index in [1.54, 1.807) is 37.3 Å². The van der Waals surface area contributed by atoms with E-state index in [-0.39, 0.29) is 5.91 Å². The first-order chi connectivity index (χ1) is 10.6. The number of carbonyl (C=O) groups excluding carboxylic acids is 1. The van der Waals surface area contributed by atoms with Gasteiger partial charge >= 0.3 is 0 Å². The Balaban J connectivity index is 2.17. The number of hydrogen-bond donors (Lipinski definition) is 0. The van der Waals surface area contributed by atoms with E-state index >= 15 is 0 Å².